The first-order valence-corrected chi connectivity index (χ1v) is 8.32. The molecule has 0 bridgehead atoms. The number of aromatic nitrogens is 1. The lowest BCUT2D eigenvalue weighted by atomic mass is 9.96. The number of amides is 1. The van der Waals surface area contributed by atoms with Gasteiger partial charge in [0.25, 0.3) is 5.91 Å². The van der Waals surface area contributed by atoms with Crippen molar-refractivity contribution < 1.29 is 9.32 Å². The van der Waals surface area contributed by atoms with E-state index in [1.165, 1.54) is 12.8 Å². The van der Waals surface area contributed by atoms with Gasteiger partial charge in [0, 0.05) is 23.2 Å². The molecular formula is C17H21Cl2N3O2. The molecule has 2 aromatic rings. The average Bonchev–Trinajstić information content (AvgIpc) is 3.06. The van der Waals surface area contributed by atoms with Gasteiger partial charge in [-0.25, -0.2) is 0 Å². The van der Waals surface area contributed by atoms with E-state index >= 15 is 0 Å². The molecule has 0 saturated carbocycles. The van der Waals surface area contributed by atoms with Crippen molar-refractivity contribution in [3.63, 3.8) is 0 Å². The largest absolute Gasteiger partial charge is 0.350 e. The van der Waals surface area contributed by atoms with Crippen molar-refractivity contribution >= 4 is 29.9 Å². The van der Waals surface area contributed by atoms with Crippen LogP contribution in [0.5, 0.6) is 0 Å². The summed E-state index contributed by atoms with van der Waals surface area (Å²) in [6, 6.07) is 8.94. The first kappa shape index (κ1) is 18.8. The van der Waals surface area contributed by atoms with E-state index in [0.29, 0.717) is 23.2 Å². The summed E-state index contributed by atoms with van der Waals surface area (Å²) in [5.41, 5.74) is 1.43. The maximum absolute atomic E-state index is 12.1. The molecule has 1 atom stereocenters. The molecule has 1 aromatic heterocycles. The number of hydrogen-bond donors (Lipinski definition) is 2. The van der Waals surface area contributed by atoms with Gasteiger partial charge in [0.15, 0.2) is 0 Å². The molecule has 1 aromatic carbocycles. The van der Waals surface area contributed by atoms with Crippen LogP contribution in [0.25, 0.3) is 11.3 Å². The molecular weight excluding hydrogens is 349 g/mol. The molecule has 24 heavy (non-hydrogen) atoms. The lowest BCUT2D eigenvalue weighted by Gasteiger charge is -2.22. The Kier molecular flexibility index (Phi) is 7.09. The topological polar surface area (TPSA) is 67.2 Å². The molecule has 0 radical (unpaired) electrons. The minimum absolute atomic E-state index is 0. The van der Waals surface area contributed by atoms with Gasteiger partial charge in [0.2, 0.25) is 5.76 Å². The van der Waals surface area contributed by atoms with Crippen LogP contribution >= 0.6 is 24.0 Å². The number of rotatable bonds is 5. The quantitative estimate of drug-likeness (QED) is 0.845. The number of carbonyl (C=O) groups excluding carboxylic acids is 1. The van der Waals surface area contributed by atoms with Crippen molar-refractivity contribution in [3.8, 4) is 11.3 Å². The number of benzene rings is 1. The number of hydrogen-bond acceptors (Lipinski definition) is 4. The van der Waals surface area contributed by atoms with Crippen molar-refractivity contribution in [3.05, 3.63) is 41.1 Å². The molecule has 1 aliphatic rings. The zero-order valence-corrected chi connectivity index (χ0v) is 14.8. The Morgan fingerprint density at radius 3 is 3.04 bits per heavy atom. The maximum atomic E-state index is 12.1. The van der Waals surface area contributed by atoms with Crippen molar-refractivity contribution in [2.75, 3.05) is 19.6 Å². The third-order valence-electron chi connectivity index (χ3n) is 4.09. The van der Waals surface area contributed by atoms with Crippen LogP contribution in [0.4, 0.5) is 0 Å². The second-order valence-corrected chi connectivity index (χ2v) is 6.28. The second kappa shape index (κ2) is 9.06. The van der Waals surface area contributed by atoms with Gasteiger partial charge >= 0.3 is 0 Å². The summed E-state index contributed by atoms with van der Waals surface area (Å²) in [6.07, 6.45) is 3.42. The third kappa shape index (κ3) is 4.97. The minimum Gasteiger partial charge on any atom is -0.350 e. The highest BCUT2D eigenvalue weighted by atomic mass is 35.5. The van der Waals surface area contributed by atoms with Crippen molar-refractivity contribution in [2.24, 2.45) is 5.92 Å². The molecule has 0 aliphatic carbocycles. The fourth-order valence-electron chi connectivity index (χ4n) is 2.81. The molecule has 1 amide bonds. The number of carbonyl (C=O) groups is 1. The predicted molar refractivity (Wildman–Crippen MR) is 96.7 cm³/mol. The van der Waals surface area contributed by atoms with Gasteiger partial charge in [-0.3, -0.25) is 4.79 Å². The zero-order chi connectivity index (χ0) is 16.1. The second-order valence-electron chi connectivity index (χ2n) is 5.84. The summed E-state index contributed by atoms with van der Waals surface area (Å²) in [5, 5.41) is 10.8. The monoisotopic (exact) mass is 369 g/mol. The van der Waals surface area contributed by atoms with E-state index in [0.717, 1.165) is 25.1 Å². The number of nitrogens with one attached hydrogen (secondary N) is 2. The van der Waals surface area contributed by atoms with E-state index in [9.17, 15) is 4.79 Å². The third-order valence-corrected chi connectivity index (χ3v) is 4.33. The SMILES string of the molecule is Cl.O=C(NCCC1CCCNC1)c1cc(-c2cccc(Cl)c2)no1. The highest BCUT2D eigenvalue weighted by Gasteiger charge is 2.16. The molecule has 2 N–H and O–H groups in total. The van der Waals surface area contributed by atoms with Crippen molar-refractivity contribution in [1.29, 1.82) is 0 Å². The Hall–Kier alpha value is -1.56. The Labute approximate surface area is 152 Å². The van der Waals surface area contributed by atoms with Gasteiger partial charge in [0.05, 0.1) is 0 Å². The van der Waals surface area contributed by atoms with E-state index in [-0.39, 0.29) is 24.1 Å². The van der Waals surface area contributed by atoms with Gasteiger partial charge in [-0.2, -0.15) is 0 Å². The minimum atomic E-state index is -0.227. The molecule has 7 heteroatoms. The van der Waals surface area contributed by atoms with Crippen LogP contribution in [0.15, 0.2) is 34.9 Å². The highest BCUT2D eigenvalue weighted by molar-refractivity contribution is 6.30. The summed E-state index contributed by atoms with van der Waals surface area (Å²) in [4.78, 5) is 12.1. The first-order chi connectivity index (χ1) is 11.2. The van der Waals surface area contributed by atoms with E-state index in [4.69, 9.17) is 16.1 Å². The number of piperidine rings is 1. The van der Waals surface area contributed by atoms with E-state index in [2.05, 4.69) is 15.8 Å². The van der Waals surface area contributed by atoms with Crippen LogP contribution in [-0.2, 0) is 0 Å². The number of halogens is 2. The normalized spacial score (nSPS) is 17.1. The van der Waals surface area contributed by atoms with E-state index < -0.39 is 0 Å². The predicted octanol–water partition coefficient (Wildman–Crippen LogP) is 3.54. The smallest absolute Gasteiger partial charge is 0.289 e. The van der Waals surface area contributed by atoms with Gasteiger partial charge in [-0.1, -0.05) is 28.9 Å². The van der Waals surface area contributed by atoms with Crippen molar-refractivity contribution in [1.82, 2.24) is 15.8 Å². The standard InChI is InChI=1S/C17H20ClN3O2.ClH/c18-14-5-1-4-13(9-14)15-10-16(23-21-15)17(22)20-8-6-12-3-2-7-19-11-12;/h1,4-5,9-10,12,19H,2-3,6-8,11H2,(H,20,22);1H. The summed E-state index contributed by atoms with van der Waals surface area (Å²) in [6.45, 7) is 2.79. The molecule has 0 spiro atoms. The van der Waals surface area contributed by atoms with E-state index in [1.54, 1.807) is 18.2 Å². The van der Waals surface area contributed by atoms with Crippen molar-refractivity contribution in [2.45, 2.75) is 19.3 Å². The highest BCUT2D eigenvalue weighted by Crippen LogP contribution is 2.22. The van der Waals surface area contributed by atoms with Gasteiger partial charge < -0.3 is 15.2 Å². The van der Waals surface area contributed by atoms with Crippen LogP contribution < -0.4 is 10.6 Å². The van der Waals surface area contributed by atoms with Crippen LogP contribution in [-0.4, -0.2) is 30.7 Å². The molecule has 1 unspecified atom stereocenters. The summed E-state index contributed by atoms with van der Waals surface area (Å²) in [7, 11) is 0. The molecule has 1 fully saturated rings. The Bertz CT molecular complexity index is 669. The van der Waals surface area contributed by atoms with Crippen LogP contribution in [0, 0.1) is 5.92 Å². The van der Waals surface area contributed by atoms with E-state index in [1.807, 2.05) is 12.1 Å². The fraction of sp³-hybridized carbons (Fsp3) is 0.412. The molecule has 130 valence electrons. The lowest BCUT2D eigenvalue weighted by Crippen LogP contribution is -2.33. The van der Waals surface area contributed by atoms with Crippen LogP contribution in [0.2, 0.25) is 5.02 Å². The average molecular weight is 370 g/mol. The summed E-state index contributed by atoms with van der Waals surface area (Å²) < 4.78 is 5.15. The lowest BCUT2D eigenvalue weighted by molar-refractivity contribution is 0.0914. The first-order valence-electron chi connectivity index (χ1n) is 7.94. The summed E-state index contributed by atoms with van der Waals surface area (Å²) >= 11 is 5.96. The Balaban J connectivity index is 0.00000208. The van der Waals surface area contributed by atoms with Gasteiger partial charge in [-0.15, -0.1) is 12.4 Å². The fourth-order valence-corrected chi connectivity index (χ4v) is 3.00. The maximum Gasteiger partial charge on any atom is 0.289 e. The molecule has 3 rings (SSSR count). The summed E-state index contributed by atoms with van der Waals surface area (Å²) in [5.74, 6) is 0.636. The molecule has 1 aliphatic heterocycles. The van der Waals surface area contributed by atoms with Gasteiger partial charge in [0.1, 0.15) is 5.69 Å². The molecule has 2 heterocycles. The van der Waals surface area contributed by atoms with Crippen LogP contribution in [0.3, 0.4) is 0 Å². The molecule has 1 saturated heterocycles. The zero-order valence-electron chi connectivity index (χ0n) is 13.3. The number of nitrogens with zero attached hydrogens (tertiary/aromatic N) is 1. The van der Waals surface area contributed by atoms with Gasteiger partial charge in [-0.05, 0) is 50.4 Å². The Morgan fingerprint density at radius 1 is 1.42 bits per heavy atom. The van der Waals surface area contributed by atoms with Crippen LogP contribution in [0.1, 0.15) is 29.8 Å². The Morgan fingerprint density at radius 2 is 2.29 bits per heavy atom. The molecule has 5 nitrogen and oxygen atoms in total.